The van der Waals surface area contributed by atoms with Crippen molar-refractivity contribution in [3.05, 3.63) is 123 Å². The van der Waals surface area contributed by atoms with Crippen LogP contribution in [0.1, 0.15) is 76.6 Å². The number of rotatable bonds is 10. The number of aliphatic carboxylic acids is 1. The number of furan rings is 1. The topological polar surface area (TPSA) is 115 Å². The number of amides is 1. The van der Waals surface area contributed by atoms with Gasteiger partial charge >= 0.3 is 5.97 Å². The van der Waals surface area contributed by atoms with E-state index < -0.39 is 17.7 Å². The number of hydrogen-bond donors (Lipinski definition) is 2. The first kappa shape index (κ1) is 29.8. The fourth-order valence-electron chi connectivity index (χ4n) is 5.35. The van der Waals surface area contributed by atoms with Gasteiger partial charge in [-0.25, -0.2) is 4.79 Å². The Bertz CT molecular complexity index is 1760. The molecule has 5 rings (SSSR count). The third kappa shape index (κ3) is 6.39. The highest BCUT2D eigenvalue weighted by molar-refractivity contribution is 5.83. The lowest BCUT2D eigenvalue weighted by molar-refractivity contribution is -0.166. The molecule has 0 aliphatic rings. The van der Waals surface area contributed by atoms with Crippen LogP contribution in [-0.4, -0.2) is 27.7 Å². The van der Waals surface area contributed by atoms with Gasteiger partial charge in [0.25, 0.3) is 0 Å². The van der Waals surface area contributed by atoms with E-state index in [0.29, 0.717) is 28.4 Å². The quantitative estimate of drug-likeness (QED) is 0.182. The highest BCUT2D eigenvalue weighted by atomic mass is 16.5. The van der Waals surface area contributed by atoms with E-state index in [1.807, 2.05) is 54.6 Å². The molecule has 2 atom stereocenters. The van der Waals surface area contributed by atoms with E-state index in [1.165, 1.54) is 19.4 Å². The van der Waals surface area contributed by atoms with Crippen LogP contribution in [0.3, 0.4) is 0 Å². The van der Waals surface area contributed by atoms with Crippen molar-refractivity contribution in [3.8, 4) is 0 Å². The lowest BCUT2D eigenvalue weighted by Crippen LogP contribution is -2.36. The van der Waals surface area contributed by atoms with Crippen molar-refractivity contribution in [2.75, 3.05) is 0 Å². The SMILES string of the molecule is Cc1ccc([C@H](NC(=O)Cc2ccc3oc([C@H](OC(C)(C)C(=O)O)c4c(C)noc4C)cc3c2)c2ccccc2)c(C)c1. The number of carboxylic acids is 1. The Balaban J connectivity index is 1.42. The van der Waals surface area contributed by atoms with Crippen LogP contribution >= 0.6 is 0 Å². The van der Waals surface area contributed by atoms with Gasteiger partial charge < -0.3 is 24.1 Å². The first-order chi connectivity index (χ1) is 20.4. The summed E-state index contributed by atoms with van der Waals surface area (Å²) in [5.41, 5.74) is 5.43. The molecule has 0 bridgehead atoms. The van der Waals surface area contributed by atoms with Crippen LogP contribution in [0.4, 0.5) is 0 Å². The van der Waals surface area contributed by atoms with Crippen LogP contribution < -0.4 is 5.32 Å². The number of hydrogen-bond acceptors (Lipinski definition) is 6. The number of fused-ring (bicyclic) bond motifs is 1. The summed E-state index contributed by atoms with van der Waals surface area (Å²) in [6.45, 7) is 10.6. The Morgan fingerprint density at radius 1 is 0.977 bits per heavy atom. The van der Waals surface area contributed by atoms with E-state index in [9.17, 15) is 14.7 Å². The zero-order valence-corrected chi connectivity index (χ0v) is 25.2. The highest BCUT2D eigenvalue weighted by Crippen LogP contribution is 2.37. The van der Waals surface area contributed by atoms with Crippen LogP contribution in [0.2, 0.25) is 0 Å². The van der Waals surface area contributed by atoms with E-state index >= 15 is 0 Å². The maximum atomic E-state index is 13.4. The highest BCUT2D eigenvalue weighted by Gasteiger charge is 2.37. The summed E-state index contributed by atoms with van der Waals surface area (Å²) >= 11 is 0. The first-order valence-electron chi connectivity index (χ1n) is 14.2. The third-order valence-electron chi connectivity index (χ3n) is 7.68. The minimum absolute atomic E-state index is 0.114. The van der Waals surface area contributed by atoms with Crippen molar-refractivity contribution < 1.29 is 28.4 Å². The van der Waals surface area contributed by atoms with E-state index in [0.717, 1.165) is 27.6 Å². The van der Waals surface area contributed by atoms with Crippen molar-refractivity contribution in [2.45, 2.75) is 65.7 Å². The average Bonchev–Trinajstić information content (AvgIpc) is 3.53. The zero-order chi connectivity index (χ0) is 30.9. The second kappa shape index (κ2) is 11.9. The molecule has 2 N–H and O–H groups in total. The molecule has 0 radical (unpaired) electrons. The second-order valence-corrected chi connectivity index (χ2v) is 11.5. The summed E-state index contributed by atoms with van der Waals surface area (Å²) in [7, 11) is 0. The molecule has 0 spiro atoms. The van der Waals surface area contributed by atoms with Gasteiger partial charge in [0.2, 0.25) is 5.91 Å². The van der Waals surface area contributed by atoms with Gasteiger partial charge in [0.1, 0.15) is 23.2 Å². The summed E-state index contributed by atoms with van der Waals surface area (Å²) in [5.74, 6) is -0.294. The van der Waals surface area contributed by atoms with Gasteiger partial charge in [-0.05, 0) is 82.0 Å². The number of ether oxygens (including phenoxy) is 1. The Morgan fingerprint density at radius 2 is 1.72 bits per heavy atom. The van der Waals surface area contributed by atoms with Crippen molar-refractivity contribution >= 4 is 22.8 Å². The molecular weight excluding hydrogens is 544 g/mol. The Labute approximate surface area is 250 Å². The molecule has 43 heavy (non-hydrogen) atoms. The molecule has 0 unspecified atom stereocenters. The Kier molecular flexibility index (Phi) is 8.24. The van der Waals surface area contributed by atoms with E-state index in [4.69, 9.17) is 13.7 Å². The van der Waals surface area contributed by atoms with Crippen molar-refractivity contribution in [3.63, 3.8) is 0 Å². The predicted molar refractivity (Wildman–Crippen MR) is 163 cm³/mol. The van der Waals surface area contributed by atoms with Gasteiger partial charge in [-0.2, -0.15) is 0 Å². The summed E-state index contributed by atoms with van der Waals surface area (Å²) in [5, 5.41) is 17.8. The summed E-state index contributed by atoms with van der Waals surface area (Å²) in [6, 6.07) is 23.3. The third-order valence-corrected chi connectivity index (χ3v) is 7.68. The number of carboxylic acid groups (broad SMARTS) is 1. The molecule has 8 heteroatoms. The lowest BCUT2D eigenvalue weighted by Gasteiger charge is -2.26. The van der Waals surface area contributed by atoms with Gasteiger partial charge in [-0.15, -0.1) is 0 Å². The van der Waals surface area contributed by atoms with Gasteiger partial charge in [-0.1, -0.05) is 65.3 Å². The number of aromatic nitrogens is 1. The normalized spacial score (nSPS) is 13.2. The molecule has 1 amide bonds. The van der Waals surface area contributed by atoms with Gasteiger partial charge in [0.15, 0.2) is 5.60 Å². The molecule has 0 aliphatic carbocycles. The molecule has 8 nitrogen and oxygen atoms in total. The minimum atomic E-state index is -1.51. The largest absolute Gasteiger partial charge is 0.479 e. The van der Waals surface area contributed by atoms with Crippen LogP contribution in [0.5, 0.6) is 0 Å². The summed E-state index contributed by atoms with van der Waals surface area (Å²) < 4.78 is 17.6. The molecule has 0 fully saturated rings. The molecular formula is C35H36N2O6. The molecule has 5 aromatic rings. The van der Waals surface area contributed by atoms with Crippen molar-refractivity contribution in [1.82, 2.24) is 10.5 Å². The van der Waals surface area contributed by atoms with Gasteiger partial charge in [0.05, 0.1) is 23.7 Å². The fourth-order valence-corrected chi connectivity index (χ4v) is 5.35. The smallest absolute Gasteiger partial charge is 0.335 e. The second-order valence-electron chi connectivity index (χ2n) is 11.5. The standard InChI is InChI=1S/C35H36N2O6/c1-20-12-14-27(21(2)16-20)32(25-10-8-7-9-11-25)36-30(38)18-24-13-15-28-26(17-24)19-29(41-28)33(42-35(5,6)34(39)40)31-22(3)37-43-23(31)4/h7-17,19,32-33H,18H2,1-6H3,(H,36,38)(H,39,40)/t32-,33+/m1/s1. The Morgan fingerprint density at radius 3 is 2.37 bits per heavy atom. The molecule has 2 aromatic heterocycles. The molecule has 2 heterocycles. The molecule has 3 aromatic carbocycles. The number of nitrogens with zero attached hydrogens (tertiary/aromatic N) is 1. The number of nitrogens with one attached hydrogen (secondary N) is 1. The predicted octanol–water partition coefficient (Wildman–Crippen LogP) is 7.07. The molecule has 0 saturated heterocycles. The number of carbonyl (C=O) groups excluding carboxylic acids is 1. The maximum absolute atomic E-state index is 13.4. The van der Waals surface area contributed by atoms with Gasteiger partial charge in [0, 0.05) is 5.39 Å². The number of benzene rings is 3. The van der Waals surface area contributed by atoms with Crippen LogP contribution in [0, 0.1) is 27.7 Å². The number of aryl methyl sites for hydroxylation is 4. The monoisotopic (exact) mass is 580 g/mol. The summed E-state index contributed by atoms with van der Waals surface area (Å²) in [6.07, 6.45) is -0.693. The first-order valence-corrected chi connectivity index (χ1v) is 14.2. The van der Waals surface area contributed by atoms with Crippen LogP contribution in [0.25, 0.3) is 11.0 Å². The lowest BCUT2D eigenvalue weighted by atomic mass is 9.93. The zero-order valence-electron chi connectivity index (χ0n) is 25.2. The fraction of sp³-hybridized carbons (Fsp3) is 0.286. The van der Waals surface area contributed by atoms with Gasteiger partial charge in [-0.3, -0.25) is 4.79 Å². The van der Waals surface area contributed by atoms with Crippen LogP contribution in [-0.2, 0) is 20.7 Å². The molecule has 222 valence electrons. The van der Waals surface area contributed by atoms with Crippen molar-refractivity contribution in [1.29, 1.82) is 0 Å². The molecule has 0 saturated carbocycles. The maximum Gasteiger partial charge on any atom is 0.335 e. The van der Waals surface area contributed by atoms with E-state index in [1.54, 1.807) is 13.8 Å². The van der Waals surface area contributed by atoms with E-state index in [-0.39, 0.29) is 18.4 Å². The minimum Gasteiger partial charge on any atom is -0.479 e. The van der Waals surface area contributed by atoms with Crippen LogP contribution in [0.15, 0.2) is 81.7 Å². The number of carbonyl (C=O) groups is 2. The molecule has 0 aliphatic heterocycles. The van der Waals surface area contributed by atoms with Crippen molar-refractivity contribution in [2.24, 2.45) is 0 Å². The van der Waals surface area contributed by atoms with E-state index in [2.05, 4.69) is 42.5 Å². The summed E-state index contributed by atoms with van der Waals surface area (Å²) in [4.78, 5) is 25.3. The average molecular weight is 581 g/mol. The Hall–Kier alpha value is -4.69.